The number of carbonyl (C=O) groups is 1. The Bertz CT molecular complexity index is 1490. The fraction of sp³-hybridized carbons (Fsp3) is 0.387. The van der Waals surface area contributed by atoms with Crippen LogP contribution in [-0.4, -0.2) is 20.9 Å². The van der Waals surface area contributed by atoms with Crippen molar-refractivity contribution in [1.29, 1.82) is 0 Å². The summed E-state index contributed by atoms with van der Waals surface area (Å²) in [5.41, 5.74) is 2.49. The Morgan fingerprint density at radius 2 is 1.76 bits per heavy atom. The van der Waals surface area contributed by atoms with Gasteiger partial charge in [0.25, 0.3) is 0 Å². The number of fused-ring (bicyclic) bond motifs is 1. The first-order valence-electron chi connectivity index (χ1n) is 13.9. The molecule has 1 unspecified atom stereocenters. The number of halogens is 4. The first kappa shape index (κ1) is 31.7. The zero-order valence-electron chi connectivity index (χ0n) is 23.5. The molecule has 1 aliphatic carbocycles. The Hall–Kier alpha value is -3.28. The minimum atomic E-state index is -4.73. The molecule has 11 heteroatoms. The largest absolute Gasteiger partial charge is 0.416 e. The SMILES string of the molecule is CC(C)CNCc1ccc2c(c1)CCC[C@H]2NC(=O)CC(NS(=O)(=O)c1cccc(C(F)(F)F)c1)c1ccc(F)cc1. The molecule has 1 amide bonds. The maximum atomic E-state index is 13.6. The van der Waals surface area contributed by atoms with E-state index < -0.39 is 44.4 Å². The molecule has 0 spiro atoms. The van der Waals surface area contributed by atoms with Gasteiger partial charge in [-0.1, -0.05) is 50.2 Å². The molecule has 0 aromatic heterocycles. The molecule has 0 heterocycles. The van der Waals surface area contributed by atoms with E-state index in [9.17, 15) is 30.8 Å². The second kappa shape index (κ2) is 13.4. The van der Waals surface area contributed by atoms with Crippen molar-refractivity contribution in [2.75, 3.05) is 6.54 Å². The Morgan fingerprint density at radius 1 is 1.02 bits per heavy atom. The van der Waals surface area contributed by atoms with Crippen LogP contribution in [0, 0.1) is 11.7 Å². The van der Waals surface area contributed by atoms with E-state index in [0.717, 1.165) is 73.0 Å². The Balaban J connectivity index is 1.51. The molecule has 0 aliphatic heterocycles. The van der Waals surface area contributed by atoms with Crippen LogP contribution in [0.3, 0.4) is 0 Å². The highest BCUT2D eigenvalue weighted by molar-refractivity contribution is 7.89. The lowest BCUT2D eigenvalue weighted by Crippen LogP contribution is -2.36. The molecule has 3 aromatic rings. The van der Waals surface area contributed by atoms with E-state index in [1.165, 1.54) is 12.1 Å². The number of carbonyl (C=O) groups excluding carboxylic acids is 1. The Kier molecular flexibility index (Phi) is 10.1. The zero-order valence-corrected chi connectivity index (χ0v) is 24.3. The molecule has 0 radical (unpaired) electrons. The van der Waals surface area contributed by atoms with Gasteiger partial charge in [0.2, 0.25) is 15.9 Å². The van der Waals surface area contributed by atoms with E-state index in [-0.39, 0.29) is 12.5 Å². The topological polar surface area (TPSA) is 87.3 Å². The Morgan fingerprint density at radius 3 is 2.45 bits per heavy atom. The van der Waals surface area contributed by atoms with Gasteiger partial charge in [0, 0.05) is 13.0 Å². The van der Waals surface area contributed by atoms with Crippen molar-refractivity contribution in [3.63, 3.8) is 0 Å². The van der Waals surface area contributed by atoms with Gasteiger partial charge in [-0.05, 0) is 84.3 Å². The molecule has 6 nitrogen and oxygen atoms in total. The second-order valence-corrected chi connectivity index (χ2v) is 12.7. The summed E-state index contributed by atoms with van der Waals surface area (Å²) in [6.45, 7) is 5.94. The van der Waals surface area contributed by atoms with Crippen LogP contribution in [-0.2, 0) is 34.0 Å². The van der Waals surface area contributed by atoms with Gasteiger partial charge in [-0.3, -0.25) is 4.79 Å². The molecule has 3 N–H and O–H groups in total. The average molecular weight is 606 g/mol. The number of benzene rings is 3. The van der Waals surface area contributed by atoms with Gasteiger partial charge in [0.05, 0.1) is 22.5 Å². The molecular weight excluding hydrogens is 570 g/mol. The monoisotopic (exact) mass is 605 g/mol. The van der Waals surface area contributed by atoms with E-state index in [1.54, 1.807) is 0 Å². The molecule has 226 valence electrons. The van der Waals surface area contributed by atoms with Gasteiger partial charge in [-0.25, -0.2) is 17.5 Å². The van der Waals surface area contributed by atoms with Gasteiger partial charge < -0.3 is 10.6 Å². The molecular formula is C31H35F4N3O3S. The van der Waals surface area contributed by atoms with Crippen LogP contribution in [0.2, 0.25) is 0 Å². The highest BCUT2D eigenvalue weighted by atomic mass is 32.2. The maximum Gasteiger partial charge on any atom is 0.416 e. The number of hydrogen-bond donors (Lipinski definition) is 3. The average Bonchev–Trinajstić information content (AvgIpc) is 2.92. The fourth-order valence-electron chi connectivity index (χ4n) is 5.09. The standard InChI is InChI=1S/C31H35F4N3O3S/c1-20(2)18-36-19-21-9-14-27-23(15-21)5-3-8-28(27)37-30(39)17-29(22-10-12-25(32)13-11-22)38-42(40,41)26-7-4-6-24(16-26)31(33,34)35/h4,6-7,9-16,20,28-29,36,38H,3,5,8,17-19H2,1-2H3,(H,37,39)/t28-,29?/m1/s1. The third-order valence-corrected chi connectivity index (χ3v) is 8.64. The van der Waals surface area contributed by atoms with Crippen molar-refractivity contribution in [1.82, 2.24) is 15.4 Å². The van der Waals surface area contributed by atoms with Crippen LogP contribution in [0.4, 0.5) is 17.6 Å². The number of hydrogen-bond acceptors (Lipinski definition) is 4. The van der Waals surface area contributed by atoms with Crippen LogP contribution < -0.4 is 15.4 Å². The number of alkyl halides is 3. The van der Waals surface area contributed by atoms with Crippen molar-refractivity contribution in [2.45, 2.75) is 69.2 Å². The van der Waals surface area contributed by atoms with Crippen LogP contribution in [0.25, 0.3) is 0 Å². The number of aryl methyl sites for hydroxylation is 1. The van der Waals surface area contributed by atoms with Gasteiger partial charge in [0.1, 0.15) is 5.82 Å². The summed E-state index contributed by atoms with van der Waals surface area (Å²) in [5.74, 6) is -0.465. The van der Waals surface area contributed by atoms with E-state index in [2.05, 4.69) is 35.3 Å². The zero-order chi connectivity index (χ0) is 30.5. The first-order valence-corrected chi connectivity index (χ1v) is 15.4. The summed E-state index contributed by atoms with van der Waals surface area (Å²) in [4.78, 5) is 12.7. The quantitative estimate of drug-likeness (QED) is 0.228. The van der Waals surface area contributed by atoms with E-state index in [0.29, 0.717) is 24.0 Å². The summed E-state index contributed by atoms with van der Waals surface area (Å²) in [5, 5.41) is 6.43. The van der Waals surface area contributed by atoms with Gasteiger partial charge in [-0.15, -0.1) is 0 Å². The lowest BCUT2D eigenvalue weighted by atomic mass is 9.86. The maximum absolute atomic E-state index is 13.6. The highest BCUT2D eigenvalue weighted by Gasteiger charge is 2.33. The van der Waals surface area contributed by atoms with Gasteiger partial charge in [-0.2, -0.15) is 13.2 Å². The van der Waals surface area contributed by atoms with E-state index >= 15 is 0 Å². The number of amides is 1. The lowest BCUT2D eigenvalue weighted by molar-refractivity contribution is -0.137. The van der Waals surface area contributed by atoms with Gasteiger partial charge >= 0.3 is 6.18 Å². The van der Waals surface area contributed by atoms with E-state index in [4.69, 9.17) is 0 Å². The predicted octanol–water partition coefficient (Wildman–Crippen LogP) is 6.19. The summed E-state index contributed by atoms with van der Waals surface area (Å²) in [6.07, 6.45) is -2.61. The van der Waals surface area contributed by atoms with Crippen LogP contribution in [0.5, 0.6) is 0 Å². The lowest BCUT2D eigenvalue weighted by Gasteiger charge is -2.28. The summed E-state index contributed by atoms with van der Waals surface area (Å²) in [6, 6.07) is 13.1. The molecule has 3 aromatic carbocycles. The highest BCUT2D eigenvalue weighted by Crippen LogP contribution is 2.32. The summed E-state index contributed by atoms with van der Waals surface area (Å²) < 4.78 is 82.0. The smallest absolute Gasteiger partial charge is 0.349 e. The molecule has 4 rings (SSSR count). The number of sulfonamides is 1. The van der Waals surface area contributed by atoms with Crippen molar-refractivity contribution in [3.8, 4) is 0 Å². The summed E-state index contributed by atoms with van der Waals surface area (Å²) in [7, 11) is -4.48. The molecule has 0 fully saturated rings. The van der Waals surface area contributed by atoms with E-state index in [1.807, 2.05) is 12.1 Å². The van der Waals surface area contributed by atoms with Gasteiger partial charge in [0.15, 0.2) is 0 Å². The molecule has 0 saturated carbocycles. The minimum absolute atomic E-state index is 0.270. The molecule has 2 atom stereocenters. The molecule has 0 bridgehead atoms. The predicted molar refractivity (Wildman–Crippen MR) is 152 cm³/mol. The van der Waals surface area contributed by atoms with Crippen LogP contribution >= 0.6 is 0 Å². The molecule has 42 heavy (non-hydrogen) atoms. The number of rotatable bonds is 11. The van der Waals surface area contributed by atoms with Crippen LogP contribution in [0.15, 0.2) is 71.6 Å². The second-order valence-electron chi connectivity index (χ2n) is 11.0. The Labute approximate surface area is 244 Å². The molecule has 1 aliphatic rings. The third kappa shape index (κ3) is 8.39. The normalized spacial score (nSPS) is 16.2. The number of nitrogens with one attached hydrogen (secondary N) is 3. The summed E-state index contributed by atoms with van der Waals surface area (Å²) >= 11 is 0. The fourth-order valence-corrected chi connectivity index (χ4v) is 6.36. The van der Waals surface area contributed by atoms with Crippen molar-refractivity contribution >= 4 is 15.9 Å². The van der Waals surface area contributed by atoms with Crippen molar-refractivity contribution in [2.24, 2.45) is 5.92 Å². The molecule has 0 saturated heterocycles. The third-order valence-electron chi connectivity index (χ3n) is 7.17. The van der Waals surface area contributed by atoms with Crippen molar-refractivity contribution in [3.05, 3.63) is 100 Å². The minimum Gasteiger partial charge on any atom is -0.349 e. The van der Waals surface area contributed by atoms with Crippen LogP contribution in [0.1, 0.15) is 73.0 Å². The first-order chi connectivity index (χ1) is 19.8. The van der Waals surface area contributed by atoms with Crippen molar-refractivity contribution < 1.29 is 30.8 Å².